The first-order valence-corrected chi connectivity index (χ1v) is 11.3. The summed E-state index contributed by atoms with van der Waals surface area (Å²) >= 11 is 7.24. The fourth-order valence-corrected chi connectivity index (χ4v) is 3.92. The van der Waals surface area contributed by atoms with Crippen LogP contribution in [0.4, 0.5) is 5.69 Å². The van der Waals surface area contributed by atoms with E-state index >= 15 is 0 Å². The number of ether oxygens (including phenoxy) is 1. The Bertz CT molecular complexity index is 1050. The van der Waals surface area contributed by atoms with Crippen molar-refractivity contribution >= 4 is 35.0 Å². The molecule has 0 saturated heterocycles. The van der Waals surface area contributed by atoms with Gasteiger partial charge in [0.05, 0.1) is 5.75 Å². The largest absolute Gasteiger partial charge is 0.486 e. The van der Waals surface area contributed by atoms with Crippen LogP contribution in [-0.4, -0.2) is 26.4 Å². The van der Waals surface area contributed by atoms with Crippen molar-refractivity contribution in [3.63, 3.8) is 0 Å². The number of anilines is 1. The molecule has 0 aliphatic heterocycles. The summed E-state index contributed by atoms with van der Waals surface area (Å²) < 4.78 is 7.68. The van der Waals surface area contributed by atoms with Gasteiger partial charge in [0.2, 0.25) is 5.91 Å². The van der Waals surface area contributed by atoms with E-state index < -0.39 is 0 Å². The maximum Gasteiger partial charge on any atom is 0.234 e. The lowest BCUT2D eigenvalue weighted by molar-refractivity contribution is -0.113. The molecule has 0 radical (unpaired) electrons. The second-order valence-electron chi connectivity index (χ2n) is 6.84. The Morgan fingerprint density at radius 2 is 2.03 bits per heavy atom. The molecule has 0 aliphatic rings. The molecule has 2 aromatic carbocycles. The van der Waals surface area contributed by atoms with Crippen LogP contribution in [0.1, 0.15) is 23.9 Å². The highest BCUT2D eigenvalue weighted by Crippen LogP contribution is 2.23. The van der Waals surface area contributed by atoms with E-state index in [0.29, 0.717) is 28.3 Å². The molecule has 1 aromatic heterocycles. The molecule has 0 bridgehead atoms. The number of carbonyl (C=O) groups is 1. The molecular formula is C23H25ClN4O2S. The highest BCUT2D eigenvalue weighted by atomic mass is 35.5. The summed E-state index contributed by atoms with van der Waals surface area (Å²) in [6.45, 7) is 8.65. The normalized spacial score (nSPS) is 10.7. The van der Waals surface area contributed by atoms with Crippen LogP contribution in [0.15, 0.2) is 60.3 Å². The molecule has 1 N–H and O–H groups in total. The van der Waals surface area contributed by atoms with Crippen LogP contribution in [0.5, 0.6) is 5.75 Å². The van der Waals surface area contributed by atoms with Crippen LogP contribution in [-0.2, 0) is 24.4 Å². The van der Waals surface area contributed by atoms with E-state index in [2.05, 4.69) is 29.0 Å². The Labute approximate surface area is 191 Å². The molecule has 0 spiro atoms. The molecule has 0 atom stereocenters. The Balaban J connectivity index is 1.64. The molecule has 3 aromatic rings. The quantitative estimate of drug-likeness (QED) is 0.331. The third kappa shape index (κ3) is 6.12. The van der Waals surface area contributed by atoms with Gasteiger partial charge in [-0.3, -0.25) is 9.36 Å². The van der Waals surface area contributed by atoms with Gasteiger partial charge in [0.25, 0.3) is 0 Å². The molecular weight excluding hydrogens is 432 g/mol. The number of rotatable bonds is 10. The van der Waals surface area contributed by atoms with Gasteiger partial charge in [0, 0.05) is 17.3 Å². The number of hydrogen-bond acceptors (Lipinski definition) is 5. The summed E-state index contributed by atoms with van der Waals surface area (Å²) in [6.07, 6.45) is 2.62. The van der Waals surface area contributed by atoms with E-state index in [1.54, 1.807) is 30.3 Å². The zero-order chi connectivity index (χ0) is 22.2. The van der Waals surface area contributed by atoms with Gasteiger partial charge in [-0.05, 0) is 48.7 Å². The predicted octanol–water partition coefficient (Wildman–Crippen LogP) is 5.30. The number of hydrogen-bond donors (Lipinski definition) is 1. The SMILES string of the molecule is C=CCn1c(COc2ccc(Cl)cc2)nnc1SCC(=O)Nc1c(C)cccc1CC. The summed E-state index contributed by atoms with van der Waals surface area (Å²) in [6, 6.07) is 13.2. The molecule has 3 rings (SSSR count). The molecule has 162 valence electrons. The lowest BCUT2D eigenvalue weighted by Gasteiger charge is -2.13. The summed E-state index contributed by atoms with van der Waals surface area (Å²) in [5.41, 5.74) is 3.06. The average Bonchev–Trinajstić information content (AvgIpc) is 3.15. The number of thioether (sulfide) groups is 1. The molecule has 1 heterocycles. The van der Waals surface area contributed by atoms with Crippen molar-refractivity contribution in [1.82, 2.24) is 14.8 Å². The second kappa shape index (κ2) is 11.0. The molecule has 0 unspecified atom stereocenters. The number of amides is 1. The first-order valence-electron chi connectivity index (χ1n) is 9.94. The number of halogens is 1. The van der Waals surface area contributed by atoms with Gasteiger partial charge in [0.15, 0.2) is 11.0 Å². The second-order valence-corrected chi connectivity index (χ2v) is 8.22. The van der Waals surface area contributed by atoms with Gasteiger partial charge in [0.1, 0.15) is 12.4 Å². The summed E-state index contributed by atoms with van der Waals surface area (Å²) in [5, 5.41) is 12.8. The van der Waals surface area contributed by atoms with Crippen molar-refractivity contribution < 1.29 is 9.53 Å². The van der Waals surface area contributed by atoms with Crippen molar-refractivity contribution in [3.8, 4) is 5.75 Å². The lowest BCUT2D eigenvalue weighted by atomic mass is 10.1. The Morgan fingerprint density at radius 1 is 1.26 bits per heavy atom. The number of carbonyl (C=O) groups excluding carboxylic acids is 1. The van der Waals surface area contributed by atoms with Gasteiger partial charge in [-0.25, -0.2) is 0 Å². The Hall–Kier alpha value is -2.77. The molecule has 0 fully saturated rings. The first kappa shape index (κ1) is 22.9. The van der Waals surface area contributed by atoms with Crippen LogP contribution in [0.2, 0.25) is 5.02 Å². The first-order chi connectivity index (χ1) is 15.0. The van der Waals surface area contributed by atoms with Gasteiger partial charge in [-0.2, -0.15) is 0 Å². The molecule has 6 nitrogen and oxygen atoms in total. The number of aryl methyl sites for hydroxylation is 2. The van der Waals surface area contributed by atoms with E-state index in [1.165, 1.54) is 11.8 Å². The van der Waals surface area contributed by atoms with E-state index in [1.807, 2.05) is 29.7 Å². The fraction of sp³-hybridized carbons (Fsp3) is 0.261. The topological polar surface area (TPSA) is 69.0 Å². The summed E-state index contributed by atoms with van der Waals surface area (Å²) in [7, 11) is 0. The van der Waals surface area contributed by atoms with Gasteiger partial charge >= 0.3 is 0 Å². The molecule has 1 amide bonds. The van der Waals surface area contributed by atoms with E-state index in [9.17, 15) is 4.79 Å². The van der Waals surface area contributed by atoms with Crippen molar-refractivity contribution in [2.75, 3.05) is 11.1 Å². The molecule has 0 aliphatic carbocycles. The number of benzene rings is 2. The van der Waals surface area contributed by atoms with Crippen LogP contribution in [0.25, 0.3) is 0 Å². The highest BCUT2D eigenvalue weighted by molar-refractivity contribution is 7.99. The minimum absolute atomic E-state index is 0.0823. The van der Waals surface area contributed by atoms with Gasteiger partial charge in [-0.1, -0.05) is 54.6 Å². The van der Waals surface area contributed by atoms with E-state index in [-0.39, 0.29) is 18.3 Å². The number of aromatic nitrogens is 3. The fourth-order valence-electron chi connectivity index (χ4n) is 3.03. The molecule has 31 heavy (non-hydrogen) atoms. The van der Waals surface area contributed by atoms with Gasteiger partial charge < -0.3 is 10.1 Å². The zero-order valence-electron chi connectivity index (χ0n) is 17.6. The van der Waals surface area contributed by atoms with Crippen molar-refractivity contribution in [1.29, 1.82) is 0 Å². The third-order valence-electron chi connectivity index (χ3n) is 4.62. The number of allylic oxidation sites excluding steroid dienone is 1. The van der Waals surface area contributed by atoms with Crippen molar-refractivity contribution in [2.24, 2.45) is 0 Å². The van der Waals surface area contributed by atoms with Crippen LogP contribution >= 0.6 is 23.4 Å². The summed E-state index contributed by atoms with van der Waals surface area (Å²) in [5.74, 6) is 1.49. The number of nitrogens with zero attached hydrogens (tertiary/aromatic N) is 3. The zero-order valence-corrected chi connectivity index (χ0v) is 19.2. The number of para-hydroxylation sites is 1. The average molecular weight is 457 g/mol. The smallest absolute Gasteiger partial charge is 0.234 e. The van der Waals surface area contributed by atoms with Crippen molar-refractivity contribution in [3.05, 3.63) is 77.1 Å². The monoisotopic (exact) mass is 456 g/mol. The maximum absolute atomic E-state index is 12.6. The van der Waals surface area contributed by atoms with Crippen LogP contribution < -0.4 is 10.1 Å². The third-order valence-corrected chi connectivity index (χ3v) is 5.84. The van der Waals surface area contributed by atoms with Crippen LogP contribution in [0.3, 0.4) is 0 Å². The van der Waals surface area contributed by atoms with E-state index in [4.69, 9.17) is 16.3 Å². The minimum Gasteiger partial charge on any atom is -0.486 e. The predicted molar refractivity (Wildman–Crippen MR) is 126 cm³/mol. The Kier molecular flexibility index (Phi) is 8.14. The lowest BCUT2D eigenvalue weighted by Crippen LogP contribution is -2.17. The highest BCUT2D eigenvalue weighted by Gasteiger charge is 2.15. The number of nitrogens with one attached hydrogen (secondary N) is 1. The maximum atomic E-state index is 12.6. The van der Waals surface area contributed by atoms with Crippen LogP contribution in [0, 0.1) is 6.92 Å². The van der Waals surface area contributed by atoms with Crippen molar-refractivity contribution in [2.45, 2.75) is 38.6 Å². The van der Waals surface area contributed by atoms with E-state index in [0.717, 1.165) is 23.2 Å². The Morgan fingerprint density at radius 3 is 2.74 bits per heavy atom. The standard InChI is InChI=1S/C23H25ClN4O2S/c1-4-13-28-20(14-30-19-11-9-18(24)10-12-19)26-27-23(28)31-15-21(29)25-22-16(3)7-6-8-17(22)5-2/h4,6-12H,1,5,13-15H2,2-3H3,(H,25,29). The molecule has 0 saturated carbocycles. The minimum atomic E-state index is -0.0823. The van der Waals surface area contributed by atoms with Gasteiger partial charge in [-0.15, -0.1) is 16.8 Å². The molecule has 8 heteroatoms. The summed E-state index contributed by atoms with van der Waals surface area (Å²) in [4.78, 5) is 12.6.